The van der Waals surface area contributed by atoms with Crippen molar-refractivity contribution in [1.82, 2.24) is 9.97 Å². The number of halogens is 1. The van der Waals surface area contributed by atoms with Crippen LogP contribution >= 0.6 is 11.6 Å². The van der Waals surface area contributed by atoms with Crippen LogP contribution in [0.5, 0.6) is 0 Å². The van der Waals surface area contributed by atoms with E-state index in [-0.39, 0.29) is 0 Å². The molecular formula is C16H18ClN3. The summed E-state index contributed by atoms with van der Waals surface area (Å²) < 4.78 is 0. The SMILES string of the molecule is CN(C)c1ccc(-c2nc(Cl)c3c(n2)CCCC3)cc1. The molecule has 1 aliphatic carbocycles. The van der Waals surface area contributed by atoms with Gasteiger partial charge in [-0.3, -0.25) is 0 Å². The van der Waals surface area contributed by atoms with Crippen molar-refractivity contribution < 1.29 is 0 Å². The Kier molecular flexibility index (Phi) is 3.62. The number of nitrogens with zero attached hydrogens (tertiary/aromatic N) is 3. The lowest BCUT2D eigenvalue weighted by atomic mass is 9.97. The highest BCUT2D eigenvalue weighted by atomic mass is 35.5. The van der Waals surface area contributed by atoms with Gasteiger partial charge in [0.1, 0.15) is 5.15 Å². The molecule has 20 heavy (non-hydrogen) atoms. The number of aryl methyl sites for hydroxylation is 1. The molecule has 3 nitrogen and oxygen atoms in total. The van der Waals surface area contributed by atoms with Gasteiger partial charge in [-0.25, -0.2) is 9.97 Å². The second-order valence-corrected chi connectivity index (χ2v) is 5.77. The second kappa shape index (κ2) is 5.41. The summed E-state index contributed by atoms with van der Waals surface area (Å²) in [5.74, 6) is 0.737. The first kappa shape index (κ1) is 13.4. The van der Waals surface area contributed by atoms with Crippen molar-refractivity contribution in [3.8, 4) is 11.4 Å². The summed E-state index contributed by atoms with van der Waals surface area (Å²) in [6, 6.07) is 8.25. The largest absolute Gasteiger partial charge is 0.378 e. The summed E-state index contributed by atoms with van der Waals surface area (Å²) in [4.78, 5) is 11.3. The maximum Gasteiger partial charge on any atom is 0.161 e. The molecule has 1 aromatic carbocycles. The molecule has 1 aromatic heterocycles. The number of aromatic nitrogens is 2. The lowest BCUT2D eigenvalue weighted by molar-refractivity contribution is 0.663. The fourth-order valence-electron chi connectivity index (χ4n) is 2.59. The van der Waals surface area contributed by atoms with Crippen molar-refractivity contribution in [2.45, 2.75) is 25.7 Å². The van der Waals surface area contributed by atoms with Gasteiger partial charge in [-0.15, -0.1) is 0 Å². The van der Waals surface area contributed by atoms with E-state index in [2.05, 4.69) is 34.1 Å². The van der Waals surface area contributed by atoms with Crippen LogP contribution in [0.1, 0.15) is 24.1 Å². The highest BCUT2D eigenvalue weighted by Crippen LogP contribution is 2.28. The van der Waals surface area contributed by atoms with Gasteiger partial charge in [-0.05, 0) is 49.9 Å². The molecule has 0 saturated carbocycles. The van der Waals surface area contributed by atoms with E-state index >= 15 is 0 Å². The highest BCUT2D eigenvalue weighted by Gasteiger charge is 2.17. The van der Waals surface area contributed by atoms with Gasteiger partial charge < -0.3 is 4.90 Å². The first-order valence-corrected chi connectivity index (χ1v) is 7.36. The molecule has 0 spiro atoms. The summed E-state index contributed by atoms with van der Waals surface area (Å²) in [5, 5.41) is 0.626. The van der Waals surface area contributed by atoms with E-state index in [1.54, 1.807) is 0 Å². The molecule has 0 bridgehead atoms. The van der Waals surface area contributed by atoms with Crippen molar-refractivity contribution in [2.24, 2.45) is 0 Å². The molecule has 3 rings (SSSR count). The zero-order valence-electron chi connectivity index (χ0n) is 11.9. The molecule has 4 heteroatoms. The van der Waals surface area contributed by atoms with E-state index in [0.717, 1.165) is 41.2 Å². The number of hydrogen-bond donors (Lipinski definition) is 0. The minimum Gasteiger partial charge on any atom is -0.378 e. The Bertz CT molecular complexity index is 620. The minimum absolute atomic E-state index is 0.626. The van der Waals surface area contributed by atoms with Gasteiger partial charge in [0.25, 0.3) is 0 Å². The van der Waals surface area contributed by atoms with Crippen LogP contribution in [0.2, 0.25) is 5.15 Å². The van der Waals surface area contributed by atoms with Crippen LogP contribution in [0, 0.1) is 0 Å². The molecule has 104 valence electrons. The summed E-state index contributed by atoms with van der Waals surface area (Å²) in [7, 11) is 4.06. The summed E-state index contributed by atoms with van der Waals surface area (Å²) in [6.07, 6.45) is 4.40. The van der Waals surface area contributed by atoms with E-state index in [1.807, 2.05) is 14.1 Å². The van der Waals surface area contributed by atoms with E-state index in [0.29, 0.717) is 5.15 Å². The van der Waals surface area contributed by atoms with Gasteiger partial charge in [0, 0.05) is 36.6 Å². The predicted octanol–water partition coefficient (Wildman–Crippen LogP) is 3.74. The molecule has 0 amide bonds. The van der Waals surface area contributed by atoms with Crippen molar-refractivity contribution in [3.05, 3.63) is 40.7 Å². The van der Waals surface area contributed by atoms with E-state index in [9.17, 15) is 0 Å². The molecule has 0 radical (unpaired) electrons. The fourth-order valence-corrected chi connectivity index (χ4v) is 2.87. The molecular weight excluding hydrogens is 270 g/mol. The van der Waals surface area contributed by atoms with E-state index < -0.39 is 0 Å². The summed E-state index contributed by atoms with van der Waals surface area (Å²) >= 11 is 6.32. The summed E-state index contributed by atoms with van der Waals surface area (Å²) in [6.45, 7) is 0. The van der Waals surface area contributed by atoms with Crippen LogP contribution in [-0.2, 0) is 12.8 Å². The van der Waals surface area contributed by atoms with Gasteiger partial charge in [0.15, 0.2) is 5.82 Å². The van der Waals surface area contributed by atoms with Crippen LogP contribution in [0.3, 0.4) is 0 Å². The minimum atomic E-state index is 0.626. The first-order valence-electron chi connectivity index (χ1n) is 6.98. The maximum absolute atomic E-state index is 6.32. The Balaban J connectivity index is 1.99. The molecule has 0 fully saturated rings. The van der Waals surface area contributed by atoms with Crippen molar-refractivity contribution in [1.29, 1.82) is 0 Å². The fraction of sp³-hybridized carbons (Fsp3) is 0.375. The molecule has 2 aromatic rings. The Morgan fingerprint density at radius 2 is 1.70 bits per heavy atom. The lowest BCUT2D eigenvalue weighted by Gasteiger charge is -2.17. The molecule has 0 N–H and O–H groups in total. The number of fused-ring (bicyclic) bond motifs is 1. The highest BCUT2D eigenvalue weighted by molar-refractivity contribution is 6.30. The van der Waals surface area contributed by atoms with Gasteiger partial charge >= 0.3 is 0 Å². The van der Waals surface area contributed by atoms with Gasteiger partial charge in [0.2, 0.25) is 0 Å². The number of rotatable bonds is 2. The third-order valence-electron chi connectivity index (χ3n) is 3.77. The number of hydrogen-bond acceptors (Lipinski definition) is 3. The molecule has 1 aliphatic rings. The van der Waals surface area contributed by atoms with Crippen molar-refractivity contribution in [3.63, 3.8) is 0 Å². The Labute approximate surface area is 124 Å². The monoisotopic (exact) mass is 287 g/mol. The predicted molar refractivity (Wildman–Crippen MR) is 83.4 cm³/mol. The third kappa shape index (κ3) is 2.50. The maximum atomic E-state index is 6.32. The quantitative estimate of drug-likeness (QED) is 0.788. The zero-order chi connectivity index (χ0) is 14.1. The van der Waals surface area contributed by atoms with Crippen LogP contribution in [-0.4, -0.2) is 24.1 Å². The topological polar surface area (TPSA) is 29.0 Å². The van der Waals surface area contributed by atoms with Gasteiger partial charge in [0.05, 0.1) is 0 Å². The lowest BCUT2D eigenvalue weighted by Crippen LogP contribution is -2.09. The average molecular weight is 288 g/mol. The Hall–Kier alpha value is -1.61. The van der Waals surface area contributed by atoms with Gasteiger partial charge in [-0.1, -0.05) is 11.6 Å². The average Bonchev–Trinajstić information content (AvgIpc) is 2.47. The molecule has 0 unspecified atom stereocenters. The van der Waals surface area contributed by atoms with Crippen LogP contribution in [0.15, 0.2) is 24.3 Å². The molecule has 0 saturated heterocycles. The standard InChI is InChI=1S/C16H18ClN3/c1-20(2)12-9-7-11(8-10-12)16-18-14-6-4-3-5-13(14)15(17)19-16/h7-10H,3-6H2,1-2H3. The first-order chi connectivity index (χ1) is 9.65. The van der Waals surface area contributed by atoms with Crippen molar-refractivity contribution in [2.75, 3.05) is 19.0 Å². The third-order valence-corrected chi connectivity index (χ3v) is 4.09. The van der Waals surface area contributed by atoms with Crippen LogP contribution in [0.4, 0.5) is 5.69 Å². The van der Waals surface area contributed by atoms with E-state index in [4.69, 9.17) is 16.6 Å². The smallest absolute Gasteiger partial charge is 0.161 e. The van der Waals surface area contributed by atoms with Crippen LogP contribution in [0.25, 0.3) is 11.4 Å². The molecule has 1 heterocycles. The van der Waals surface area contributed by atoms with E-state index in [1.165, 1.54) is 12.8 Å². The van der Waals surface area contributed by atoms with Crippen LogP contribution < -0.4 is 4.90 Å². The number of anilines is 1. The number of benzene rings is 1. The Morgan fingerprint density at radius 1 is 1.00 bits per heavy atom. The zero-order valence-corrected chi connectivity index (χ0v) is 12.6. The van der Waals surface area contributed by atoms with Gasteiger partial charge in [-0.2, -0.15) is 0 Å². The molecule has 0 aliphatic heterocycles. The molecule has 0 atom stereocenters. The second-order valence-electron chi connectivity index (χ2n) is 5.41. The van der Waals surface area contributed by atoms with Crippen molar-refractivity contribution >= 4 is 17.3 Å². The summed E-state index contributed by atoms with van der Waals surface area (Å²) in [5.41, 5.74) is 4.46. The normalized spacial score (nSPS) is 13.9. The Morgan fingerprint density at radius 3 is 2.40 bits per heavy atom.